The Morgan fingerprint density at radius 3 is 2.68 bits per heavy atom. The van der Waals surface area contributed by atoms with Gasteiger partial charge in [-0.05, 0) is 40.5 Å². The molecule has 2 aromatic rings. The van der Waals surface area contributed by atoms with Gasteiger partial charge in [-0.25, -0.2) is 0 Å². The number of hydrogen-bond donors (Lipinski definition) is 2. The standard InChI is InChI=1S/C17H19BrClNO2/c1-12-7-14(19)8-16(18)17(12)22-11-15(21)10-20-9-13-5-3-2-4-6-13/h2-8,15,20-21H,9-11H2,1H3/p+1/t15-/m0/s1. The molecule has 2 rings (SSSR count). The van der Waals surface area contributed by atoms with Crippen LogP contribution in [0.25, 0.3) is 0 Å². The van der Waals surface area contributed by atoms with Gasteiger partial charge >= 0.3 is 0 Å². The summed E-state index contributed by atoms with van der Waals surface area (Å²) in [7, 11) is 0. The Balaban J connectivity index is 1.77. The summed E-state index contributed by atoms with van der Waals surface area (Å²) in [6, 6.07) is 13.8. The summed E-state index contributed by atoms with van der Waals surface area (Å²) in [5, 5.41) is 12.8. The average Bonchev–Trinajstić information content (AvgIpc) is 2.47. The predicted molar refractivity (Wildman–Crippen MR) is 92.3 cm³/mol. The van der Waals surface area contributed by atoms with E-state index < -0.39 is 6.10 Å². The maximum absolute atomic E-state index is 10.0. The number of halogens is 2. The Bertz CT molecular complexity index is 584. The molecule has 0 aromatic heterocycles. The van der Waals surface area contributed by atoms with Gasteiger partial charge < -0.3 is 15.2 Å². The summed E-state index contributed by atoms with van der Waals surface area (Å²) in [5.74, 6) is 0.728. The van der Waals surface area contributed by atoms with Gasteiger partial charge in [-0.2, -0.15) is 0 Å². The molecule has 0 bridgehead atoms. The molecule has 3 nitrogen and oxygen atoms in total. The molecule has 0 radical (unpaired) electrons. The van der Waals surface area contributed by atoms with Crippen molar-refractivity contribution in [1.82, 2.24) is 0 Å². The van der Waals surface area contributed by atoms with E-state index in [1.165, 1.54) is 5.56 Å². The second kappa shape index (κ2) is 8.53. The number of aliphatic hydroxyl groups excluding tert-OH is 1. The Morgan fingerprint density at radius 1 is 1.27 bits per heavy atom. The molecule has 5 heteroatoms. The Labute approximate surface area is 144 Å². The summed E-state index contributed by atoms with van der Waals surface area (Å²) >= 11 is 9.40. The average molecular weight is 386 g/mol. The van der Waals surface area contributed by atoms with E-state index in [1.807, 2.05) is 31.2 Å². The van der Waals surface area contributed by atoms with Crippen LogP contribution in [0.1, 0.15) is 11.1 Å². The summed E-state index contributed by atoms with van der Waals surface area (Å²) in [6.45, 7) is 3.63. The van der Waals surface area contributed by atoms with Gasteiger partial charge in [0, 0.05) is 10.6 Å². The molecule has 0 aliphatic heterocycles. The van der Waals surface area contributed by atoms with Gasteiger partial charge in [-0.15, -0.1) is 0 Å². The van der Waals surface area contributed by atoms with Crippen molar-refractivity contribution in [3.8, 4) is 5.75 Å². The van der Waals surface area contributed by atoms with E-state index in [0.29, 0.717) is 11.6 Å². The lowest BCUT2D eigenvalue weighted by molar-refractivity contribution is -0.676. The molecule has 0 saturated heterocycles. The number of aliphatic hydroxyl groups is 1. The normalized spacial score (nSPS) is 12.2. The highest BCUT2D eigenvalue weighted by atomic mass is 79.9. The fourth-order valence-corrected chi connectivity index (χ4v) is 3.25. The molecule has 0 fully saturated rings. The first-order chi connectivity index (χ1) is 10.6. The van der Waals surface area contributed by atoms with E-state index in [4.69, 9.17) is 16.3 Å². The molecule has 118 valence electrons. The molecule has 0 saturated carbocycles. The largest absolute Gasteiger partial charge is 0.489 e. The minimum absolute atomic E-state index is 0.256. The lowest BCUT2D eigenvalue weighted by Gasteiger charge is -2.14. The van der Waals surface area contributed by atoms with E-state index in [-0.39, 0.29) is 6.61 Å². The zero-order valence-electron chi connectivity index (χ0n) is 12.4. The molecule has 0 heterocycles. The zero-order valence-corrected chi connectivity index (χ0v) is 14.8. The number of ether oxygens (including phenoxy) is 1. The molecule has 1 atom stereocenters. The van der Waals surface area contributed by atoms with Crippen molar-refractivity contribution in [3.63, 3.8) is 0 Å². The van der Waals surface area contributed by atoms with Crippen LogP contribution in [0.5, 0.6) is 5.75 Å². The van der Waals surface area contributed by atoms with Crippen LogP contribution < -0.4 is 10.1 Å². The Morgan fingerprint density at radius 2 is 2.00 bits per heavy atom. The Kier molecular flexibility index (Phi) is 6.70. The SMILES string of the molecule is Cc1cc(Cl)cc(Br)c1OC[C@@H](O)C[NH2+]Cc1ccccc1. The second-order valence-electron chi connectivity index (χ2n) is 5.21. The van der Waals surface area contributed by atoms with Gasteiger partial charge in [0.15, 0.2) is 0 Å². The maximum Gasteiger partial charge on any atom is 0.137 e. The van der Waals surface area contributed by atoms with Crippen molar-refractivity contribution in [1.29, 1.82) is 0 Å². The quantitative estimate of drug-likeness (QED) is 0.770. The summed E-state index contributed by atoms with van der Waals surface area (Å²) in [5.41, 5.74) is 2.19. The lowest BCUT2D eigenvalue weighted by atomic mass is 10.2. The number of rotatable bonds is 7. The zero-order chi connectivity index (χ0) is 15.9. The predicted octanol–water partition coefficient (Wildman–Crippen LogP) is 2.91. The summed E-state index contributed by atoms with van der Waals surface area (Å²) in [6.07, 6.45) is -0.523. The highest BCUT2D eigenvalue weighted by Crippen LogP contribution is 2.32. The summed E-state index contributed by atoms with van der Waals surface area (Å²) in [4.78, 5) is 0. The monoisotopic (exact) mass is 384 g/mol. The third kappa shape index (κ3) is 5.29. The fourth-order valence-electron chi connectivity index (χ4n) is 2.18. The fraction of sp³-hybridized carbons (Fsp3) is 0.294. The van der Waals surface area contributed by atoms with Crippen LogP contribution in [0.3, 0.4) is 0 Å². The number of quaternary nitrogens is 1. The molecule has 2 aromatic carbocycles. The maximum atomic E-state index is 10.0. The molecule has 0 spiro atoms. The minimum atomic E-state index is -0.523. The molecular formula is C17H20BrClNO2+. The van der Waals surface area contributed by atoms with E-state index >= 15 is 0 Å². The smallest absolute Gasteiger partial charge is 0.137 e. The van der Waals surface area contributed by atoms with Crippen LogP contribution >= 0.6 is 27.5 Å². The molecule has 0 amide bonds. The van der Waals surface area contributed by atoms with Gasteiger partial charge in [0.25, 0.3) is 0 Å². The molecule has 22 heavy (non-hydrogen) atoms. The van der Waals surface area contributed by atoms with E-state index in [2.05, 4.69) is 33.4 Å². The highest BCUT2D eigenvalue weighted by Gasteiger charge is 2.11. The third-order valence-corrected chi connectivity index (χ3v) is 4.08. The Hall–Kier alpha value is -1.07. The number of aryl methyl sites for hydroxylation is 1. The van der Waals surface area contributed by atoms with E-state index in [9.17, 15) is 5.11 Å². The van der Waals surface area contributed by atoms with Crippen LogP contribution in [0.15, 0.2) is 46.9 Å². The molecule has 0 unspecified atom stereocenters. The van der Waals surface area contributed by atoms with Crippen molar-refractivity contribution in [2.24, 2.45) is 0 Å². The van der Waals surface area contributed by atoms with Crippen LogP contribution in [0.2, 0.25) is 5.02 Å². The lowest BCUT2D eigenvalue weighted by Crippen LogP contribution is -2.85. The third-order valence-electron chi connectivity index (χ3n) is 3.28. The van der Waals surface area contributed by atoms with Gasteiger partial charge in [0.1, 0.15) is 31.5 Å². The van der Waals surface area contributed by atoms with E-state index in [0.717, 1.165) is 22.3 Å². The van der Waals surface area contributed by atoms with Crippen molar-refractivity contribution < 1.29 is 15.2 Å². The second-order valence-corrected chi connectivity index (χ2v) is 6.50. The minimum Gasteiger partial charge on any atom is -0.489 e. The van der Waals surface area contributed by atoms with Gasteiger partial charge in [0.05, 0.1) is 4.47 Å². The van der Waals surface area contributed by atoms with Crippen molar-refractivity contribution in [2.45, 2.75) is 19.6 Å². The molecule has 0 aliphatic carbocycles. The van der Waals surface area contributed by atoms with Crippen LogP contribution in [0.4, 0.5) is 0 Å². The van der Waals surface area contributed by atoms with Crippen LogP contribution in [-0.2, 0) is 6.54 Å². The topological polar surface area (TPSA) is 46.1 Å². The van der Waals surface area contributed by atoms with Crippen LogP contribution in [-0.4, -0.2) is 24.4 Å². The van der Waals surface area contributed by atoms with Crippen molar-refractivity contribution in [3.05, 3.63) is 63.1 Å². The number of hydrogen-bond acceptors (Lipinski definition) is 2. The number of benzene rings is 2. The first kappa shape index (κ1) is 17.3. The molecular weight excluding hydrogens is 366 g/mol. The first-order valence-corrected chi connectivity index (χ1v) is 8.35. The first-order valence-electron chi connectivity index (χ1n) is 7.18. The van der Waals surface area contributed by atoms with Crippen LogP contribution in [0, 0.1) is 6.92 Å². The highest BCUT2D eigenvalue weighted by molar-refractivity contribution is 9.10. The molecule has 3 N–H and O–H groups in total. The van der Waals surface area contributed by atoms with Gasteiger partial charge in [0.2, 0.25) is 0 Å². The number of nitrogens with two attached hydrogens (primary N) is 1. The van der Waals surface area contributed by atoms with Crippen molar-refractivity contribution >= 4 is 27.5 Å². The molecule has 0 aliphatic rings. The van der Waals surface area contributed by atoms with Gasteiger partial charge in [-0.1, -0.05) is 41.9 Å². The van der Waals surface area contributed by atoms with Crippen molar-refractivity contribution in [2.75, 3.05) is 13.2 Å². The van der Waals surface area contributed by atoms with E-state index in [1.54, 1.807) is 6.07 Å². The van der Waals surface area contributed by atoms with Gasteiger partial charge in [-0.3, -0.25) is 0 Å². The summed E-state index contributed by atoms with van der Waals surface area (Å²) < 4.78 is 6.52.